The fourth-order valence-electron chi connectivity index (χ4n) is 4.30. The third kappa shape index (κ3) is 3.26. The van der Waals surface area contributed by atoms with Crippen LogP contribution < -0.4 is 10.2 Å². The van der Waals surface area contributed by atoms with Gasteiger partial charge in [-0.1, -0.05) is 25.4 Å². The molecule has 1 aromatic rings. The van der Waals surface area contributed by atoms with Crippen molar-refractivity contribution in [2.75, 3.05) is 18.0 Å². The van der Waals surface area contributed by atoms with Crippen molar-refractivity contribution in [1.82, 2.24) is 15.5 Å². The summed E-state index contributed by atoms with van der Waals surface area (Å²) < 4.78 is 5.42. The van der Waals surface area contributed by atoms with Crippen LogP contribution in [0.4, 0.5) is 6.01 Å². The Morgan fingerprint density at radius 2 is 2.00 bits per heavy atom. The maximum Gasteiger partial charge on any atom is 0.324 e. The first-order chi connectivity index (χ1) is 12.0. The first-order valence-corrected chi connectivity index (χ1v) is 9.58. The van der Waals surface area contributed by atoms with Gasteiger partial charge < -0.3 is 19.8 Å². The van der Waals surface area contributed by atoms with Gasteiger partial charge in [0.2, 0.25) is 5.91 Å². The number of fused-ring (bicyclic) bond motifs is 1. The molecule has 4 rings (SSSR count). The second-order valence-corrected chi connectivity index (χ2v) is 8.30. The summed E-state index contributed by atoms with van der Waals surface area (Å²) in [6.07, 6.45) is 4.22. The van der Waals surface area contributed by atoms with Crippen LogP contribution in [0.1, 0.15) is 57.7 Å². The molecule has 0 spiro atoms. The van der Waals surface area contributed by atoms with E-state index in [1.54, 1.807) is 0 Å². The zero-order chi connectivity index (χ0) is 17.6. The number of carbonyl (C=O) groups excluding carboxylic acids is 1. The van der Waals surface area contributed by atoms with Crippen LogP contribution in [0.2, 0.25) is 0 Å². The van der Waals surface area contributed by atoms with Crippen molar-refractivity contribution in [3.05, 3.63) is 5.82 Å². The Morgan fingerprint density at radius 3 is 2.60 bits per heavy atom. The molecule has 1 saturated heterocycles. The molecule has 2 N–H and O–H groups in total. The molecular formula is C18H28N4O3. The van der Waals surface area contributed by atoms with E-state index in [9.17, 15) is 9.90 Å². The molecule has 1 aliphatic heterocycles. The summed E-state index contributed by atoms with van der Waals surface area (Å²) in [4.78, 5) is 18.8. The molecule has 0 radical (unpaired) electrons. The second kappa shape index (κ2) is 6.59. The molecule has 25 heavy (non-hydrogen) atoms. The second-order valence-electron chi connectivity index (χ2n) is 8.30. The number of amides is 1. The largest absolute Gasteiger partial charge is 0.391 e. The van der Waals surface area contributed by atoms with E-state index in [1.807, 2.05) is 13.8 Å². The zero-order valence-corrected chi connectivity index (χ0v) is 15.0. The van der Waals surface area contributed by atoms with Gasteiger partial charge >= 0.3 is 6.01 Å². The maximum absolute atomic E-state index is 12.2. The summed E-state index contributed by atoms with van der Waals surface area (Å²) in [6, 6.07) is 0.464. The van der Waals surface area contributed by atoms with Gasteiger partial charge in [0.05, 0.1) is 12.1 Å². The first kappa shape index (κ1) is 16.8. The highest BCUT2D eigenvalue weighted by molar-refractivity contribution is 5.79. The van der Waals surface area contributed by atoms with Gasteiger partial charge in [0, 0.05) is 24.9 Å². The average Bonchev–Trinajstić information content (AvgIpc) is 3.11. The van der Waals surface area contributed by atoms with Gasteiger partial charge in [0.15, 0.2) is 5.82 Å². The summed E-state index contributed by atoms with van der Waals surface area (Å²) >= 11 is 0. The van der Waals surface area contributed by atoms with Crippen LogP contribution in [-0.4, -0.2) is 46.4 Å². The number of aliphatic hydroxyl groups is 1. The Morgan fingerprint density at radius 1 is 1.28 bits per heavy atom. The van der Waals surface area contributed by atoms with Crippen LogP contribution in [0, 0.1) is 17.8 Å². The molecule has 1 amide bonds. The predicted octanol–water partition coefficient (Wildman–Crippen LogP) is 1.68. The SMILES string of the molecule is CC(C)c1noc(N2C[C@H]3C[C@H](O)[C@@H](NC(=O)C4CCC4)C[C@H]3C2)n1. The van der Waals surface area contributed by atoms with Gasteiger partial charge in [-0.2, -0.15) is 4.98 Å². The first-order valence-electron chi connectivity index (χ1n) is 9.58. The number of anilines is 1. The Bertz CT molecular complexity index is 628. The van der Waals surface area contributed by atoms with Gasteiger partial charge in [-0.15, -0.1) is 0 Å². The number of carbonyl (C=O) groups is 1. The summed E-state index contributed by atoms with van der Waals surface area (Å²) in [6.45, 7) is 5.78. The fourth-order valence-corrected chi connectivity index (χ4v) is 4.30. The lowest BCUT2D eigenvalue weighted by atomic mass is 9.77. The van der Waals surface area contributed by atoms with Crippen LogP contribution in [0.3, 0.4) is 0 Å². The minimum Gasteiger partial charge on any atom is -0.391 e. The molecule has 4 atom stereocenters. The molecule has 3 aliphatic rings. The number of nitrogens with one attached hydrogen (secondary N) is 1. The summed E-state index contributed by atoms with van der Waals surface area (Å²) in [5.41, 5.74) is 0. The minimum absolute atomic E-state index is 0.122. The summed E-state index contributed by atoms with van der Waals surface area (Å²) in [5.74, 6) is 2.14. The van der Waals surface area contributed by atoms with Crippen molar-refractivity contribution < 1.29 is 14.4 Å². The third-order valence-electron chi connectivity index (χ3n) is 6.16. The number of aromatic nitrogens is 2. The minimum atomic E-state index is -0.459. The van der Waals surface area contributed by atoms with Crippen LogP contribution in [0.15, 0.2) is 4.52 Å². The molecule has 0 bridgehead atoms. The third-order valence-corrected chi connectivity index (χ3v) is 6.16. The van der Waals surface area contributed by atoms with Crippen molar-refractivity contribution in [1.29, 1.82) is 0 Å². The van der Waals surface area contributed by atoms with E-state index in [0.717, 1.165) is 51.0 Å². The van der Waals surface area contributed by atoms with E-state index in [2.05, 4.69) is 20.4 Å². The Labute approximate surface area is 148 Å². The summed E-state index contributed by atoms with van der Waals surface area (Å²) in [5, 5.41) is 17.6. The lowest BCUT2D eigenvalue weighted by molar-refractivity contribution is -0.129. The monoisotopic (exact) mass is 348 g/mol. The fraction of sp³-hybridized carbons (Fsp3) is 0.833. The number of nitrogens with zero attached hydrogens (tertiary/aromatic N) is 3. The van der Waals surface area contributed by atoms with Gasteiger partial charge in [0.25, 0.3) is 0 Å². The number of rotatable bonds is 4. The van der Waals surface area contributed by atoms with Crippen molar-refractivity contribution in [2.24, 2.45) is 17.8 Å². The standard InChI is InChI=1S/C18H28N4O3/c1-10(2)16-20-18(25-21-16)22-8-12-6-14(15(23)7-13(12)9-22)19-17(24)11-4-3-5-11/h10-15,23H,3-9H2,1-2H3,(H,19,24)/t12-,13+,14-,15-/m0/s1. The molecule has 0 aromatic carbocycles. The van der Waals surface area contributed by atoms with E-state index in [0.29, 0.717) is 17.9 Å². The van der Waals surface area contributed by atoms with E-state index >= 15 is 0 Å². The van der Waals surface area contributed by atoms with Crippen molar-refractivity contribution >= 4 is 11.9 Å². The van der Waals surface area contributed by atoms with Crippen molar-refractivity contribution in [3.63, 3.8) is 0 Å². The van der Waals surface area contributed by atoms with Crippen molar-refractivity contribution in [2.45, 2.75) is 64.0 Å². The van der Waals surface area contributed by atoms with Crippen LogP contribution in [-0.2, 0) is 4.79 Å². The van der Waals surface area contributed by atoms with Crippen LogP contribution >= 0.6 is 0 Å². The Kier molecular flexibility index (Phi) is 4.43. The van der Waals surface area contributed by atoms with Crippen LogP contribution in [0.25, 0.3) is 0 Å². The molecule has 2 aliphatic carbocycles. The molecule has 7 heteroatoms. The van der Waals surface area contributed by atoms with Gasteiger partial charge in [0.1, 0.15) is 0 Å². The zero-order valence-electron chi connectivity index (χ0n) is 15.0. The Hall–Kier alpha value is -1.63. The molecule has 2 heterocycles. The lowest BCUT2D eigenvalue weighted by Crippen LogP contribution is -2.51. The maximum atomic E-state index is 12.2. The Balaban J connectivity index is 1.38. The van der Waals surface area contributed by atoms with Crippen molar-refractivity contribution in [3.8, 4) is 0 Å². The highest BCUT2D eigenvalue weighted by Gasteiger charge is 2.44. The van der Waals surface area contributed by atoms with E-state index in [1.165, 1.54) is 0 Å². The normalized spacial score (nSPS) is 32.6. The number of hydrogen-bond donors (Lipinski definition) is 2. The lowest BCUT2D eigenvalue weighted by Gasteiger charge is -2.37. The average molecular weight is 348 g/mol. The van der Waals surface area contributed by atoms with Gasteiger partial charge in [-0.05, 0) is 37.5 Å². The molecule has 0 unspecified atom stereocenters. The molecular weight excluding hydrogens is 320 g/mol. The summed E-state index contributed by atoms with van der Waals surface area (Å²) in [7, 11) is 0. The predicted molar refractivity (Wildman–Crippen MR) is 92.1 cm³/mol. The number of aliphatic hydroxyl groups excluding tert-OH is 1. The van der Waals surface area contributed by atoms with Gasteiger partial charge in [-0.3, -0.25) is 4.79 Å². The number of hydrogen-bond acceptors (Lipinski definition) is 6. The smallest absolute Gasteiger partial charge is 0.324 e. The molecule has 138 valence electrons. The highest BCUT2D eigenvalue weighted by Crippen LogP contribution is 2.38. The molecule has 7 nitrogen and oxygen atoms in total. The topological polar surface area (TPSA) is 91.5 Å². The molecule has 1 aromatic heterocycles. The quantitative estimate of drug-likeness (QED) is 0.860. The highest BCUT2D eigenvalue weighted by atomic mass is 16.5. The molecule has 3 fully saturated rings. The van der Waals surface area contributed by atoms with E-state index in [-0.39, 0.29) is 23.8 Å². The van der Waals surface area contributed by atoms with Gasteiger partial charge in [-0.25, -0.2) is 0 Å². The van der Waals surface area contributed by atoms with E-state index in [4.69, 9.17) is 4.52 Å². The van der Waals surface area contributed by atoms with Crippen LogP contribution in [0.5, 0.6) is 0 Å². The van der Waals surface area contributed by atoms with E-state index < -0.39 is 6.10 Å². The molecule has 2 saturated carbocycles.